The number of hydrogen-bond acceptors (Lipinski definition) is 6. The van der Waals surface area contributed by atoms with E-state index in [4.69, 9.17) is 5.11 Å². The maximum Gasteiger partial charge on any atom is 0.106 e. The third kappa shape index (κ3) is 5.64. The van der Waals surface area contributed by atoms with Gasteiger partial charge in [-0.25, -0.2) is 0 Å². The molecule has 0 aromatic heterocycles. The number of allylic oxidation sites excluding steroid dienone is 2. The topological polar surface area (TPSA) is 39.1 Å². The zero-order valence-corrected chi connectivity index (χ0v) is 16.5. The van der Waals surface area contributed by atoms with Crippen molar-refractivity contribution >= 4 is 28.3 Å². The number of piperazine rings is 1. The van der Waals surface area contributed by atoms with E-state index in [1.165, 1.54) is 0 Å². The molecule has 132 valence electrons. The second-order valence-corrected chi connectivity index (χ2v) is 9.46. The summed E-state index contributed by atoms with van der Waals surface area (Å²) in [6, 6.07) is 0. The Hall–Kier alpha value is -0.270. The van der Waals surface area contributed by atoms with E-state index < -0.39 is 0 Å². The molecule has 0 atom stereocenters. The van der Waals surface area contributed by atoms with Crippen molar-refractivity contribution in [2.75, 3.05) is 39.3 Å². The molecular formula is C17H31N3OS2. The summed E-state index contributed by atoms with van der Waals surface area (Å²) in [6.07, 6.45) is 3.64. The Morgan fingerprint density at radius 1 is 1.22 bits per heavy atom. The molecule has 1 rings (SSSR count). The molecule has 1 heterocycles. The van der Waals surface area contributed by atoms with Gasteiger partial charge < -0.3 is 5.11 Å². The van der Waals surface area contributed by atoms with Crippen molar-refractivity contribution in [3.8, 4) is 0 Å². The molecule has 0 aromatic carbocycles. The quantitative estimate of drug-likeness (QED) is 0.389. The highest BCUT2D eigenvalue weighted by Crippen LogP contribution is 2.48. The third-order valence-electron chi connectivity index (χ3n) is 4.80. The maximum absolute atomic E-state index is 9.07. The fourth-order valence-electron chi connectivity index (χ4n) is 2.51. The maximum atomic E-state index is 9.07. The Balaban J connectivity index is 2.67. The first-order valence-corrected chi connectivity index (χ1v) is 10.2. The van der Waals surface area contributed by atoms with Gasteiger partial charge in [-0.15, -0.1) is 0 Å². The fraction of sp³-hybridized carbons (Fsp3) is 0.706. The predicted molar refractivity (Wildman–Crippen MR) is 106 cm³/mol. The number of nitrogens with zero attached hydrogens (tertiary/aromatic N) is 3. The molecule has 23 heavy (non-hydrogen) atoms. The molecule has 0 radical (unpaired) electrons. The van der Waals surface area contributed by atoms with Crippen LogP contribution in [0.3, 0.4) is 0 Å². The summed E-state index contributed by atoms with van der Waals surface area (Å²) >= 11 is 0. The van der Waals surface area contributed by atoms with Crippen LogP contribution in [0.25, 0.3) is 0 Å². The van der Waals surface area contributed by atoms with Crippen LogP contribution in [0.5, 0.6) is 0 Å². The first-order valence-electron chi connectivity index (χ1n) is 8.02. The largest absolute Gasteiger partial charge is 0.395 e. The Labute approximate surface area is 149 Å². The summed E-state index contributed by atoms with van der Waals surface area (Å²) in [4.78, 5) is 8.93. The normalized spacial score (nSPS) is 18.9. The first kappa shape index (κ1) is 20.8. The lowest BCUT2D eigenvalue weighted by molar-refractivity contribution is 0.0306. The van der Waals surface area contributed by atoms with E-state index in [0.29, 0.717) is 0 Å². The van der Waals surface area contributed by atoms with Crippen molar-refractivity contribution in [2.24, 2.45) is 4.99 Å². The molecule has 4 nitrogen and oxygen atoms in total. The standard InChI is InChI=1S/C17H31N3OS2/c1-7-8-15(18-6)22-23-17(4,5)16(2,3)20-11-9-19(10-12-20)13-14-21/h7-8,21H,1,6,9-14H2,2-5H3/b15-8+. The summed E-state index contributed by atoms with van der Waals surface area (Å²) in [5, 5.41) is 9.97. The van der Waals surface area contributed by atoms with Gasteiger partial charge in [0, 0.05) is 43.0 Å². The molecular weight excluding hydrogens is 326 g/mol. The van der Waals surface area contributed by atoms with E-state index in [1.54, 1.807) is 16.9 Å². The van der Waals surface area contributed by atoms with Crippen molar-refractivity contribution in [3.63, 3.8) is 0 Å². The first-order chi connectivity index (χ1) is 10.8. The number of β-amino-alcohol motifs (C(OH)–C–C–N with tert-alkyl or cyclic N) is 1. The van der Waals surface area contributed by atoms with Gasteiger partial charge in [-0.2, -0.15) is 0 Å². The number of aliphatic hydroxyl groups excluding tert-OH is 1. The van der Waals surface area contributed by atoms with Crippen LogP contribution in [0, 0.1) is 0 Å². The van der Waals surface area contributed by atoms with Gasteiger partial charge >= 0.3 is 0 Å². The van der Waals surface area contributed by atoms with Crippen LogP contribution in [0.2, 0.25) is 0 Å². The van der Waals surface area contributed by atoms with Crippen LogP contribution in [-0.4, -0.2) is 71.2 Å². The molecule has 1 fully saturated rings. The molecule has 1 aliphatic heterocycles. The Morgan fingerprint density at radius 3 is 2.30 bits per heavy atom. The molecule has 0 aliphatic carbocycles. The van der Waals surface area contributed by atoms with Crippen LogP contribution in [-0.2, 0) is 0 Å². The van der Waals surface area contributed by atoms with Gasteiger partial charge in [0.05, 0.1) is 6.61 Å². The molecule has 1 N–H and O–H groups in total. The van der Waals surface area contributed by atoms with Crippen LogP contribution in [0.15, 0.2) is 28.8 Å². The smallest absolute Gasteiger partial charge is 0.106 e. The van der Waals surface area contributed by atoms with Crippen molar-refractivity contribution in [2.45, 2.75) is 38.0 Å². The SMILES string of the molecule is C=C/C=C(\N=C)SSC(C)(C)C(C)(C)N1CCN(CCO)CC1. The van der Waals surface area contributed by atoms with Crippen molar-refractivity contribution in [1.82, 2.24) is 9.80 Å². The molecule has 1 saturated heterocycles. The lowest BCUT2D eigenvalue weighted by atomic mass is 9.87. The summed E-state index contributed by atoms with van der Waals surface area (Å²) < 4.78 is 0.0434. The summed E-state index contributed by atoms with van der Waals surface area (Å²) in [5.74, 6) is 0. The van der Waals surface area contributed by atoms with Crippen molar-refractivity contribution in [1.29, 1.82) is 0 Å². The average Bonchev–Trinajstić information content (AvgIpc) is 2.52. The predicted octanol–water partition coefficient (Wildman–Crippen LogP) is 3.26. The highest BCUT2D eigenvalue weighted by atomic mass is 33.1. The molecule has 0 aromatic rings. The molecule has 0 saturated carbocycles. The van der Waals surface area contributed by atoms with E-state index in [-0.39, 0.29) is 16.9 Å². The minimum absolute atomic E-state index is 0.0434. The second-order valence-electron chi connectivity index (χ2n) is 6.69. The lowest BCUT2D eigenvalue weighted by Gasteiger charge is -2.51. The number of rotatable bonds is 9. The van der Waals surface area contributed by atoms with Gasteiger partial charge in [-0.3, -0.25) is 14.8 Å². The van der Waals surface area contributed by atoms with Crippen molar-refractivity contribution < 1.29 is 5.11 Å². The van der Waals surface area contributed by atoms with Gasteiger partial charge in [-0.1, -0.05) is 23.4 Å². The molecule has 0 amide bonds. The number of aliphatic imine (C=N–C) groups is 1. The third-order valence-corrected chi connectivity index (χ3v) is 8.25. The molecule has 0 bridgehead atoms. The average molecular weight is 358 g/mol. The van der Waals surface area contributed by atoms with Gasteiger partial charge in [0.1, 0.15) is 5.03 Å². The minimum Gasteiger partial charge on any atom is -0.395 e. The van der Waals surface area contributed by atoms with Gasteiger partial charge in [0.25, 0.3) is 0 Å². The number of aliphatic hydroxyl groups is 1. The molecule has 0 unspecified atom stereocenters. The van der Waals surface area contributed by atoms with Crippen LogP contribution in [0.1, 0.15) is 27.7 Å². The Morgan fingerprint density at radius 2 is 1.83 bits per heavy atom. The molecule has 0 spiro atoms. The van der Waals surface area contributed by atoms with E-state index in [1.807, 2.05) is 16.9 Å². The Bertz CT molecular complexity index is 428. The Kier molecular flexibility index (Phi) is 8.38. The highest BCUT2D eigenvalue weighted by Gasteiger charge is 2.43. The zero-order valence-electron chi connectivity index (χ0n) is 14.9. The van der Waals surface area contributed by atoms with Crippen LogP contribution < -0.4 is 0 Å². The zero-order chi connectivity index (χ0) is 17.5. The molecule has 6 heteroatoms. The van der Waals surface area contributed by atoms with Gasteiger partial charge in [0.2, 0.25) is 0 Å². The van der Waals surface area contributed by atoms with Gasteiger partial charge in [-0.05, 0) is 51.3 Å². The van der Waals surface area contributed by atoms with E-state index in [0.717, 1.165) is 37.8 Å². The van der Waals surface area contributed by atoms with E-state index in [2.05, 4.69) is 55.8 Å². The summed E-state index contributed by atoms with van der Waals surface area (Å²) in [6.45, 7) is 21.7. The fourth-order valence-corrected chi connectivity index (χ4v) is 5.16. The monoisotopic (exact) mass is 357 g/mol. The summed E-state index contributed by atoms with van der Waals surface area (Å²) in [5.41, 5.74) is 0.0520. The lowest BCUT2D eigenvalue weighted by Crippen LogP contribution is -2.61. The van der Waals surface area contributed by atoms with Gasteiger partial charge in [0.15, 0.2) is 0 Å². The van der Waals surface area contributed by atoms with E-state index >= 15 is 0 Å². The van der Waals surface area contributed by atoms with E-state index in [9.17, 15) is 0 Å². The summed E-state index contributed by atoms with van der Waals surface area (Å²) in [7, 11) is 3.49. The van der Waals surface area contributed by atoms with Crippen LogP contribution in [0.4, 0.5) is 0 Å². The highest BCUT2D eigenvalue weighted by molar-refractivity contribution is 8.78. The second kappa shape index (κ2) is 9.28. The number of hydrogen-bond donors (Lipinski definition) is 1. The van der Waals surface area contributed by atoms with Crippen molar-refractivity contribution in [3.05, 3.63) is 23.8 Å². The minimum atomic E-state index is 0.0434. The molecule has 1 aliphatic rings. The van der Waals surface area contributed by atoms with Crippen LogP contribution >= 0.6 is 21.6 Å².